The van der Waals surface area contributed by atoms with Crippen LogP contribution in [-0.2, 0) is 9.47 Å². The lowest BCUT2D eigenvalue weighted by Crippen LogP contribution is -2.33. The van der Waals surface area contributed by atoms with E-state index in [4.69, 9.17) is 9.47 Å². The standard InChI is InChI=1S/C11H21NO3/c1-5-14-9-6-8(9)7-12-10(13)15-11(2,3)4/h8-9H,5-7H2,1-4H3,(H,12,13). The van der Waals surface area contributed by atoms with Gasteiger partial charge in [-0.1, -0.05) is 0 Å². The average molecular weight is 215 g/mol. The van der Waals surface area contributed by atoms with E-state index in [1.165, 1.54) is 0 Å². The molecule has 1 rings (SSSR count). The molecule has 0 heterocycles. The predicted molar refractivity (Wildman–Crippen MR) is 57.8 cm³/mol. The highest BCUT2D eigenvalue weighted by Gasteiger charge is 2.38. The number of hydrogen-bond donors (Lipinski definition) is 1. The molecule has 4 heteroatoms. The molecule has 2 unspecified atom stereocenters. The summed E-state index contributed by atoms with van der Waals surface area (Å²) in [7, 11) is 0. The summed E-state index contributed by atoms with van der Waals surface area (Å²) >= 11 is 0. The van der Waals surface area contributed by atoms with E-state index in [1.54, 1.807) is 0 Å². The molecule has 0 aromatic carbocycles. The predicted octanol–water partition coefficient (Wildman–Crippen LogP) is 1.94. The van der Waals surface area contributed by atoms with Gasteiger partial charge in [0.2, 0.25) is 0 Å². The summed E-state index contributed by atoms with van der Waals surface area (Å²) in [5, 5.41) is 2.75. The highest BCUT2D eigenvalue weighted by atomic mass is 16.6. The number of alkyl carbamates (subject to hydrolysis) is 1. The minimum absolute atomic E-state index is 0.338. The van der Waals surface area contributed by atoms with Gasteiger partial charge < -0.3 is 14.8 Å². The van der Waals surface area contributed by atoms with Crippen molar-refractivity contribution in [1.82, 2.24) is 5.32 Å². The van der Waals surface area contributed by atoms with Crippen LogP contribution in [-0.4, -0.2) is 30.9 Å². The molecule has 88 valence electrons. The third-order valence-corrected chi connectivity index (χ3v) is 2.15. The normalized spacial score (nSPS) is 24.8. The van der Waals surface area contributed by atoms with Gasteiger partial charge in [0.15, 0.2) is 0 Å². The SMILES string of the molecule is CCOC1CC1CNC(=O)OC(C)(C)C. The summed E-state index contributed by atoms with van der Waals surface area (Å²) in [6.07, 6.45) is 1.04. The van der Waals surface area contributed by atoms with Crippen molar-refractivity contribution in [3.63, 3.8) is 0 Å². The van der Waals surface area contributed by atoms with Gasteiger partial charge in [0.25, 0.3) is 0 Å². The van der Waals surface area contributed by atoms with Crippen molar-refractivity contribution in [2.45, 2.75) is 45.8 Å². The lowest BCUT2D eigenvalue weighted by atomic mass is 10.2. The fourth-order valence-corrected chi connectivity index (χ4v) is 1.38. The van der Waals surface area contributed by atoms with Crippen molar-refractivity contribution in [1.29, 1.82) is 0 Å². The molecule has 4 nitrogen and oxygen atoms in total. The van der Waals surface area contributed by atoms with Gasteiger partial charge in [0.1, 0.15) is 5.60 Å². The minimum atomic E-state index is -0.424. The van der Waals surface area contributed by atoms with Crippen molar-refractivity contribution in [2.24, 2.45) is 5.92 Å². The van der Waals surface area contributed by atoms with Crippen LogP contribution < -0.4 is 5.32 Å². The Labute approximate surface area is 91.3 Å². The van der Waals surface area contributed by atoms with Crippen LogP contribution in [0.2, 0.25) is 0 Å². The molecule has 1 amide bonds. The number of amides is 1. The lowest BCUT2D eigenvalue weighted by molar-refractivity contribution is 0.0519. The van der Waals surface area contributed by atoms with E-state index in [9.17, 15) is 4.79 Å². The summed E-state index contributed by atoms with van der Waals surface area (Å²) in [5.74, 6) is 0.470. The van der Waals surface area contributed by atoms with E-state index in [2.05, 4.69) is 5.32 Å². The van der Waals surface area contributed by atoms with Crippen molar-refractivity contribution >= 4 is 6.09 Å². The molecule has 15 heavy (non-hydrogen) atoms. The number of hydrogen-bond acceptors (Lipinski definition) is 3. The van der Waals surface area contributed by atoms with Gasteiger partial charge in [-0.25, -0.2) is 4.79 Å². The topological polar surface area (TPSA) is 47.6 Å². The Morgan fingerprint density at radius 2 is 2.13 bits per heavy atom. The van der Waals surface area contributed by atoms with E-state index in [-0.39, 0.29) is 6.09 Å². The van der Waals surface area contributed by atoms with Crippen molar-refractivity contribution in [2.75, 3.05) is 13.2 Å². The molecule has 1 saturated carbocycles. The first kappa shape index (κ1) is 12.3. The zero-order valence-corrected chi connectivity index (χ0v) is 10.0. The van der Waals surface area contributed by atoms with E-state index in [1.807, 2.05) is 27.7 Å². The second-order valence-electron chi connectivity index (χ2n) is 4.87. The molecule has 0 aliphatic heterocycles. The van der Waals surface area contributed by atoms with Crippen molar-refractivity contribution in [3.8, 4) is 0 Å². The molecule has 2 atom stereocenters. The number of carbonyl (C=O) groups excluding carboxylic acids is 1. The van der Waals surface area contributed by atoms with Gasteiger partial charge >= 0.3 is 6.09 Å². The Bertz CT molecular complexity index is 222. The third kappa shape index (κ3) is 5.02. The monoisotopic (exact) mass is 215 g/mol. The van der Waals surface area contributed by atoms with Crippen LogP contribution >= 0.6 is 0 Å². The van der Waals surface area contributed by atoms with Crippen LogP contribution in [0.4, 0.5) is 4.79 Å². The molecular formula is C11H21NO3. The maximum Gasteiger partial charge on any atom is 0.407 e. The maximum atomic E-state index is 11.3. The first-order chi connectivity index (χ1) is 6.92. The van der Waals surface area contributed by atoms with Gasteiger partial charge in [-0.2, -0.15) is 0 Å². The molecule has 0 saturated heterocycles. The molecule has 1 N–H and O–H groups in total. The van der Waals surface area contributed by atoms with Crippen LogP contribution in [0.3, 0.4) is 0 Å². The first-order valence-corrected chi connectivity index (χ1v) is 5.51. The summed E-state index contributed by atoms with van der Waals surface area (Å²) in [6.45, 7) is 8.94. The Morgan fingerprint density at radius 1 is 1.47 bits per heavy atom. The van der Waals surface area contributed by atoms with E-state index >= 15 is 0 Å². The fourth-order valence-electron chi connectivity index (χ4n) is 1.38. The third-order valence-electron chi connectivity index (χ3n) is 2.15. The fraction of sp³-hybridized carbons (Fsp3) is 0.909. The zero-order valence-electron chi connectivity index (χ0n) is 10.0. The number of ether oxygens (including phenoxy) is 2. The number of rotatable bonds is 4. The average Bonchev–Trinajstić information content (AvgIpc) is 2.78. The smallest absolute Gasteiger partial charge is 0.407 e. The quantitative estimate of drug-likeness (QED) is 0.779. The van der Waals surface area contributed by atoms with Crippen LogP contribution in [0.25, 0.3) is 0 Å². The summed E-state index contributed by atoms with van der Waals surface area (Å²) in [6, 6.07) is 0. The van der Waals surface area contributed by atoms with Crippen LogP contribution in [0, 0.1) is 5.92 Å². The number of nitrogens with one attached hydrogen (secondary N) is 1. The Kier molecular flexibility index (Phi) is 3.97. The maximum absolute atomic E-state index is 11.3. The van der Waals surface area contributed by atoms with Gasteiger partial charge in [0.05, 0.1) is 6.10 Å². The summed E-state index contributed by atoms with van der Waals surface area (Å²) in [4.78, 5) is 11.3. The van der Waals surface area contributed by atoms with E-state index in [0.29, 0.717) is 18.6 Å². The molecule has 0 aromatic rings. The molecule has 0 radical (unpaired) electrons. The molecule has 0 aromatic heterocycles. The molecule has 0 spiro atoms. The molecule has 1 fully saturated rings. The van der Waals surface area contributed by atoms with Crippen LogP contribution in [0.5, 0.6) is 0 Å². The minimum Gasteiger partial charge on any atom is -0.444 e. The Morgan fingerprint density at radius 3 is 2.67 bits per heavy atom. The molecule has 1 aliphatic rings. The largest absolute Gasteiger partial charge is 0.444 e. The molecule has 1 aliphatic carbocycles. The van der Waals surface area contributed by atoms with Crippen LogP contribution in [0.15, 0.2) is 0 Å². The molecule has 0 bridgehead atoms. The highest BCUT2D eigenvalue weighted by Crippen LogP contribution is 2.32. The van der Waals surface area contributed by atoms with E-state index < -0.39 is 5.60 Å². The van der Waals surface area contributed by atoms with Crippen LogP contribution in [0.1, 0.15) is 34.1 Å². The lowest BCUT2D eigenvalue weighted by Gasteiger charge is -2.19. The van der Waals surface area contributed by atoms with Crippen molar-refractivity contribution in [3.05, 3.63) is 0 Å². The van der Waals surface area contributed by atoms with Crippen molar-refractivity contribution < 1.29 is 14.3 Å². The Hall–Kier alpha value is -0.770. The van der Waals surface area contributed by atoms with Gasteiger partial charge in [-0.05, 0) is 34.1 Å². The zero-order chi connectivity index (χ0) is 11.5. The highest BCUT2D eigenvalue weighted by molar-refractivity contribution is 5.67. The Balaban J connectivity index is 2.09. The summed E-state index contributed by atoms with van der Waals surface area (Å²) in [5.41, 5.74) is -0.424. The van der Waals surface area contributed by atoms with Gasteiger partial charge in [0, 0.05) is 19.1 Å². The number of carbonyl (C=O) groups is 1. The first-order valence-electron chi connectivity index (χ1n) is 5.51. The second-order valence-corrected chi connectivity index (χ2v) is 4.87. The summed E-state index contributed by atoms with van der Waals surface area (Å²) < 4.78 is 10.5. The molecular weight excluding hydrogens is 194 g/mol. The van der Waals surface area contributed by atoms with Gasteiger partial charge in [-0.15, -0.1) is 0 Å². The van der Waals surface area contributed by atoms with E-state index in [0.717, 1.165) is 13.0 Å². The van der Waals surface area contributed by atoms with Gasteiger partial charge in [-0.3, -0.25) is 0 Å². The second kappa shape index (κ2) is 4.84.